The number of rotatable bonds is 5. The first-order valence-electron chi connectivity index (χ1n) is 5.55. The second-order valence-electron chi connectivity index (χ2n) is 3.58. The molecule has 0 unspecified atom stereocenters. The number of carbonyl (C=O) groups excluding carboxylic acids is 1. The monoisotopic (exact) mass is 225 g/mol. The third-order valence-electron chi connectivity index (χ3n) is 2.25. The number of hydrogen-bond acceptors (Lipinski definition) is 3. The van der Waals surface area contributed by atoms with Crippen molar-refractivity contribution in [3.8, 4) is 0 Å². The van der Waals surface area contributed by atoms with Gasteiger partial charge in [0.05, 0.1) is 0 Å². The summed E-state index contributed by atoms with van der Waals surface area (Å²) in [5.41, 5.74) is 0. The smallest absolute Gasteiger partial charge is 0.207 e. The summed E-state index contributed by atoms with van der Waals surface area (Å²) < 4.78 is 2.17. The van der Waals surface area contributed by atoms with Gasteiger partial charge < -0.3 is 0 Å². The van der Waals surface area contributed by atoms with Crippen LogP contribution in [0.4, 0.5) is 0 Å². The molecule has 1 heterocycles. The molecule has 0 spiro atoms. The lowest BCUT2D eigenvalue weighted by Crippen LogP contribution is -2.12. The summed E-state index contributed by atoms with van der Waals surface area (Å²) in [6.45, 7) is 4.14. The lowest BCUT2D eigenvalue weighted by Gasteiger charge is -2.10. The summed E-state index contributed by atoms with van der Waals surface area (Å²) in [6, 6.07) is 0. The highest BCUT2D eigenvalue weighted by molar-refractivity contribution is 8.11. The largest absolute Gasteiger partial charge is 0.285 e. The average molecular weight is 225 g/mol. The molecule has 0 bridgehead atoms. The van der Waals surface area contributed by atoms with Gasteiger partial charge in [-0.2, -0.15) is 0 Å². The van der Waals surface area contributed by atoms with Gasteiger partial charge in [0.15, 0.2) is 0 Å². The maximum absolute atomic E-state index is 11.5. The predicted molar refractivity (Wildman–Crippen MR) is 66.6 cm³/mol. The summed E-state index contributed by atoms with van der Waals surface area (Å²) in [7, 11) is 0. The Morgan fingerprint density at radius 1 is 1.27 bits per heavy atom. The van der Waals surface area contributed by atoms with Crippen LogP contribution in [0.25, 0.3) is 0 Å². The van der Waals surface area contributed by atoms with Crippen molar-refractivity contribution in [3.05, 3.63) is 24.3 Å². The first-order valence-corrected chi connectivity index (χ1v) is 6.32. The molecule has 15 heavy (non-hydrogen) atoms. The highest BCUT2D eigenvalue weighted by Gasteiger charge is 2.14. The lowest BCUT2D eigenvalue weighted by atomic mass is 10.3. The summed E-state index contributed by atoms with van der Waals surface area (Å²) in [5, 5.41) is 0.258. The van der Waals surface area contributed by atoms with Crippen molar-refractivity contribution >= 4 is 17.1 Å². The molecule has 84 valence electrons. The summed E-state index contributed by atoms with van der Waals surface area (Å²) in [4.78, 5) is 11.5. The van der Waals surface area contributed by atoms with Gasteiger partial charge in [0.2, 0.25) is 5.12 Å². The zero-order valence-corrected chi connectivity index (χ0v) is 10.1. The molecule has 1 aliphatic heterocycles. The third-order valence-corrected chi connectivity index (χ3v) is 3.25. The molecule has 0 saturated carbocycles. The van der Waals surface area contributed by atoms with E-state index in [1.165, 1.54) is 24.8 Å². The minimum Gasteiger partial charge on any atom is -0.285 e. The normalized spacial score (nSPS) is 18.2. The van der Waals surface area contributed by atoms with Gasteiger partial charge >= 0.3 is 0 Å². The maximum Gasteiger partial charge on any atom is 0.207 e. The molecule has 0 radical (unpaired) electrons. The van der Waals surface area contributed by atoms with Crippen molar-refractivity contribution in [2.75, 3.05) is 13.1 Å². The third kappa shape index (κ3) is 5.80. The van der Waals surface area contributed by atoms with Crippen LogP contribution >= 0.6 is 11.9 Å². The Labute approximate surface area is 96.5 Å². The molecule has 0 aliphatic carbocycles. The molecule has 1 saturated heterocycles. The highest BCUT2D eigenvalue weighted by Crippen LogP contribution is 2.19. The van der Waals surface area contributed by atoms with Crippen LogP contribution in [0.1, 0.15) is 32.6 Å². The van der Waals surface area contributed by atoms with Crippen LogP contribution in [-0.4, -0.2) is 22.5 Å². The number of carbonyl (C=O) groups is 1. The molecule has 0 aromatic heterocycles. The summed E-state index contributed by atoms with van der Waals surface area (Å²) >= 11 is 1.40. The van der Waals surface area contributed by atoms with Gasteiger partial charge in [-0.1, -0.05) is 24.3 Å². The Hall–Kier alpha value is -0.540. The van der Waals surface area contributed by atoms with E-state index in [1.807, 2.05) is 25.2 Å². The molecule has 1 rings (SSSR count). The quantitative estimate of drug-likeness (QED) is 0.529. The number of allylic oxidation sites excluding steroid dienone is 4. The van der Waals surface area contributed by atoms with Crippen LogP contribution in [0.15, 0.2) is 24.3 Å². The van der Waals surface area contributed by atoms with Crippen LogP contribution in [0.2, 0.25) is 0 Å². The van der Waals surface area contributed by atoms with Crippen molar-refractivity contribution in [2.24, 2.45) is 0 Å². The van der Waals surface area contributed by atoms with Crippen LogP contribution in [0.3, 0.4) is 0 Å². The molecular formula is C12H19NOS. The fourth-order valence-corrected chi connectivity index (χ4v) is 2.35. The standard InChI is InChI=1S/C12H19NOS/c1-2-3-4-5-6-9-12(14)15-13-10-7-8-11-13/h2-3,5-6H,4,7-11H2,1H3/b3-2+,6-5+. The Bertz CT molecular complexity index is 242. The van der Waals surface area contributed by atoms with Gasteiger partial charge in [-0.15, -0.1) is 0 Å². The van der Waals surface area contributed by atoms with Crippen LogP contribution in [0, 0.1) is 0 Å². The molecule has 1 aliphatic rings. The van der Waals surface area contributed by atoms with Crippen LogP contribution in [0.5, 0.6) is 0 Å². The van der Waals surface area contributed by atoms with Gasteiger partial charge in [-0.3, -0.25) is 4.79 Å². The Morgan fingerprint density at radius 3 is 2.67 bits per heavy atom. The minimum atomic E-state index is 0.258. The van der Waals surface area contributed by atoms with Crippen molar-refractivity contribution < 1.29 is 4.79 Å². The average Bonchev–Trinajstić information content (AvgIpc) is 2.70. The number of nitrogens with zero attached hydrogens (tertiary/aromatic N) is 1. The topological polar surface area (TPSA) is 20.3 Å². The van der Waals surface area contributed by atoms with E-state index in [9.17, 15) is 4.79 Å². The van der Waals surface area contributed by atoms with E-state index in [0.29, 0.717) is 6.42 Å². The van der Waals surface area contributed by atoms with E-state index in [4.69, 9.17) is 0 Å². The van der Waals surface area contributed by atoms with Crippen LogP contribution in [-0.2, 0) is 4.79 Å². The molecule has 0 aromatic carbocycles. The van der Waals surface area contributed by atoms with Gasteiger partial charge in [0, 0.05) is 19.5 Å². The predicted octanol–water partition coefficient (Wildman–Crippen LogP) is 3.17. The van der Waals surface area contributed by atoms with Crippen molar-refractivity contribution in [1.82, 2.24) is 4.31 Å². The van der Waals surface area contributed by atoms with Crippen molar-refractivity contribution in [1.29, 1.82) is 0 Å². The fraction of sp³-hybridized carbons (Fsp3) is 0.583. The molecule has 0 atom stereocenters. The van der Waals surface area contributed by atoms with Crippen LogP contribution < -0.4 is 0 Å². The summed E-state index contributed by atoms with van der Waals surface area (Å²) in [6.07, 6.45) is 12.1. The van der Waals surface area contributed by atoms with E-state index < -0.39 is 0 Å². The fourth-order valence-electron chi connectivity index (χ4n) is 1.45. The lowest BCUT2D eigenvalue weighted by molar-refractivity contribution is -0.110. The van der Waals surface area contributed by atoms with Gasteiger partial charge in [0.25, 0.3) is 0 Å². The first kappa shape index (κ1) is 12.5. The molecule has 0 aromatic rings. The Balaban J connectivity index is 2.09. The number of hydrogen-bond donors (Lipinski definition) is 0. The Kier molecular flexibility index (Phi) is 6.44. The Morgan fingerprint density at radius 2 is 2.00 bits per heavy atom. The zero-order valence-electron chi connectivity index (χ0n) is 9.32. The van der Waals surface area contributed by atoms with Gasteiger partial charge in [0.1, 0.15) is 0 Å². The molecule has 0 amide bonds. The minimum absolute atomic E-state index is 0.258. The van der Waals surface area contributed by atoms with E-state index in [-0.39, 0.29) is 5.12 Å². The highest BCUT2D eigenvalue weighted by atomic mass is 32.2. The van der Waals surface area contributed by atoms with Gasteiger partial charge in [-0.05, 0) is 38.1 Å². The van der Waals surface area contributed by atoms with Gasteiger partial charge in [-0.25, -0.2) is 4.31 Å². The molecule has 3 heteroatoms. The summed E-state index contributed by atoms with van der Waals surface area (Å²) in [5.74, 6) is 0. The molecule has 1 fully saturated rings. The molecule has 2 nitrogen and oxygen atoms in total. The van der Waals surface area contributed by atoms with E-state index in [1.54, 1.807) is 0 Å². The molecular weight excluding hydrogens is 206 g/mol. The van der Waals surface area contributed by atoms with E-state index in [0.717, 1.165) is 19.5 Å². The van der Waals surface area contributed by atoms with E-state index >= 15 is 0 Å². The second-order valence-corrected chi connectivity index (χ2v) is 4.73. The van der Waals surface area contributed by atoms with Crippen molar-refractivity contribution in [3.63, 3.8) is 0 Å². The zero-order chi connectivity index (χ0) is 10.9. The van der Waals surface area contributed by atoms with E-state index in [2.05, 4.69) is 10.4 Å². The first-order chi connectivity index (χ1) is 7.33. The molecule has 0 N–H and O–H groups in total. The SMILES string of the molecule is C/C=C/C/C=C/CC(=O)SN1CCCC1. The maximum atomic E-state index is 11.5. The van der Waals surface area contributed by atoms with Crippen molar-refractivity contribution in [2.45, 2.75) is 32.6 Å². The second kappa shape index (κ2) is 7.71.